The molecule has 1 aromatic carbocycles. The van der Waals surface area contributed by atoms with Gasteiger partial charge >= 0.3 is 6.18 Å². The number of nitrogens with zero attached hydrogens (tertiary/aromatic N) is 1. The van der Waals surface area contributed by atoms with Crippen molar-refractivity contribution in [3.63, 3.8) is 0 Å². The summed E-state index contributed by atoms with van der Waals surface area (Å²) in [6, 6.07) is 3.49. The molecule has 1 aliphatic rings. The number of ether oxygens (including phenoxy) is 1. The van der Waals surface area contributed by atoms with Crippen LogP contribution in [-0.2, 0) is 15.7 Å². The average Bonchev–Trinajstić information content (AvgIpc) is 2.38. The molecule has 1 fully saturated rings. The number of alkyl halides is 3. The molecule has 0 saturated carbocycles. The summed E-state index contributed by atoms with van der Waals surface area (Å²) >= 11 is 0. The standard InChI is InChI=1S/C12H11F3NO2/c13-12(14,15)10-7-9(8-17)1-2-11(10)16-3-5-18-6-4-16/h1-2,7H,3-6H2. The molecule has 0 atom stereocenters. The molecule has 2 rings (SSSR count). The van der Waals surface area contributed by atoms with Crippen LogP contribution in [0.2, 0.25) is 0 Å². The summed E-state index contributed by atoms with van der Waals surface area (Å²) in [5.74, 6) is 0. The number of halogens is 3. The average molecular weight is 258 g/mol. The molecule has 97 valence electrons. The Bertz CT molecular complexity index is 439. The van der Waals surface area contributed by atoms with Gasteiger partial charge in [-0.2, -0.15) is 13.2 Å². The van der Waals surface area contributed by atoms with E-state index < -0.39 is 11.7 Å². The summed E-state index contributed by atoms with van der Waals surface area (Å²) in [7, 11) is 0. The van der Waals surface area contributed by atoms with Gasteiger partial charge in [-0.15, -0.1) is 0 Å². The first-order chi connectivity index (χ1) is 8.52. The van der Waals surface area contributed by atoms with E-state index in [9.17, 15) is 18.0 Å². The van der Waals surface area contributed by atoms with Crippen molar-refractivity contribution in [3.8, 4) is 0 Å². The molecule has 0 aromatic heterocycles. The Labute approximate surface area is 102 Å². The highest BCUT2D eigenvalue weighted by Gasteiger charge is 2.35. The van der Waals surface area contributed by atoms with Gasteiger partial charge in [-0.1, -0.05) is 0 Å². The molecule has 0 aliphatic carbocycles. The normalized spacial score (nSPS) is 16.7. The van der Waals surface area contributed by atoms with Gasteiger partial charge in [0.15, 0.2) is 0 Å². The van der Waals surface area contributed by atoms with Gasteiger partial charge < -0.3 is 9.64 Å². The predicted molar refractivity (Wildman–Crippen MR) is 59.3 cm³/mol. The monoisotopic (exact) mass is 258 g/mol. The van der Waals surface area contributed by atoms with E-state index in [-0.39, 0.29) is 11.3 Å². The molecule has 0 N–H and O–H groups in total. The minimum atomic E-state index is -4.49. The molecule has 1 aliphatic heterocycles. The van der Waals surface area contributed by atoms with Gasteiger partial charge in [0.25, 0.3) is 0 Å². The zero-order valence-electron chi connectivity index (χ0n) is 9.46. The summed E-state index contributed by atoms with van der Waals surface area (Å²) in [6.45, 7) is 1.62. The second-order valence-corrected chi connectivity index (χ2v) is 3.93. The van der Waals surface area contributed by atoms with Gasteiger partial charge in [0, 0.05) is 24.3 Å². The maximum Gasteiger partial charge on any atom is 0.418 e. The molecule has 0 spiro atoms. The summed E-state index contributed by atoms with van der Waals surface area (Å²) in [5.41, 5.74) is -0.811. The lowest BCUT2D eigenvalue weighted by atomic mass is 10.1. The summed E-state index contributed by atoms with van der Waals surface area (Å²) in [6.07, 6.45) is -3.01. The quantitative estimate of drug-likeness (QED) is 0.812. The minimum Gasteiger partial charge on any atom is -0.378 e. The van der Waals surface area contributed by atoms with Gasteiger partial charge in [0.2, 0.25) is 6.29 Å². The van der Waals surface area contributed by atoms with Crippen LogP contribution in [0.15, 0.2) is 18.2 Å². The Morgan fingerprint density at radius 1 is 1.22 bits per heavy atom. The largest absolute Gasteiger partial charge is 0.418 e. The van der Waals surface area contributed by atoms with Crippen molar-refractivity contribution in [3.05, 3.63) is 29.3 Å². The summed E-state index contributed by atoms with van der Waals surface area (Å²) in [4.78, 5) is 12.1. The molecule has 1 heterocycles. The lowest BCUT2D eigenvalue weighted by Gasteiger charge is -2.31. The van der Waals surface area contributed by atoms with Crippen molar-refractivity contribution in [2.45, 2.75) is 6.18 Å². The van der Waals surface area contributed by atoms with Crippen molar-refractivity contribution >= 4 is 12.0 Å². The minimum absolute atomic E-state index is 0.0878. The van der Waals surface area contributed by atoms with Gasteiger partial charge in [-0.05, 0) is 18.2 Å². The lowest BCUT2D eigenvalue weighted by molar-refractivity contribution is -0.137. The number of morpholine rings is 1. The highest BCUT2D eigenvalue weighted by Crippen LogP contribution is 2.37. The lowest BCUT2D eigenvalue weighted by Crippen LogP contribution is -2.37. The third-order valence-corrected chi connectivity index (χ3v) is 2.77. The number of hydrogen-bond acceptors (Lipinski definition) is 3. The molecule has 3 nitrogen and oxygen atoms in total. The number of benzene rings is 1. The number of anilines is 1. The molecule has 18 heavy (non-hydrogen) atoms. The van der Waals surface area contributed by atoms with Crippen molar-refractivity contribution in [1.29, 1.82) is 0 Å². The van der Waals surface area contributed by atoms with E-state index in [2.05, 4.69) is 0 Å². The van der Waals surface area contributed by atoms with Crippen LogP contribution in [0.4, 0.5) is 18.9 Å². The maximum absolute atomic E-state index is 12.9. The van der Waals surface area contributed by atoms with E-state index in [1.54, 1.807) is 4.90 Å². The number of carbonyl (C=O) groups excluding carboxylic acids is 1. The molecule has 1 aromatic rings. The second-order valence-electron chi connectivity index (χ2n) is 3.93. The van der Waals surface area contributed by atoms with Crippen LogP contribution in [0.3, 0.4) is 0 Å². The third-order valence-electron chi connectivity index (χ3n) is 2.77. The molecule has 0 amide bonds. The molecule has 1 radical (unpaired) electrons. The fraction of sp³-hybridized carbons (Fsp3) is 0.417. The smallest absolute Gasteiger partial charge is 0.378 e. The fourth-order valence-electron chi connectivity index (χ4n) is 1.91. The van der Waals surface area contributed by atoms with E-state index in [0.717, 1.165) is 6.07 Å². The first-order valence-corrected chi connectivity index (χ1v) is 5.44. The Kier molecular flexibility index (Phi) is 3.56. The van der Waals surface area contributed by atoms with Crippen LogP contribution in [0.1, 0.15) is 11.1 Å². The molecular formula is C12H11F3NO2. The summed E-state index contributed by atoms with van der Waals surface area (Å²) in [5, 5.41) is 0. The highest BCUT2D eigenvalue weighted by molar-refractivity contribution is 5.77. The second kappa shape index (κ2) is 4.97. The van der Waals surface area contributed by atoms with Crippen molar-refractivity contribution in [2.24, 2.45) is 0 Å². The SMILES string of the molecule is O=[C]c1ccc(N2CCOCC2)c(C(F)(F)F)c1. The van der Waals surface area contributed by atoms with Crippen LogP contribution in [0.5, 0.6) is 0 Å². The topological polar surface area (TPSA) is 29.5 Å². The molecular weight excluding hydrogens is 247 g/mol. The maximum atomic E-state index is 12.9. The van der Waals surface area contributed by atoms with Gasteiger partial charge in [-0.25, -0.2) is 0 Å². The Morgan fingerprint density at radius 3 is 2.44 bits per heavy atom. The van der Waals surface area contributed by atoms with Crippen LogP contribution in [-0.4, -0.2) is 32.6 Å². The van der Waals surface area contributed by atoms with Crippen molar-refractivity contribution in [1.82, 2.24) is 0 Å². The van der Waals surface area contributed by atoms with Gasteiger partial charge in [-0.3, -0.25) is 4.79 Å². The zero-order valence-corrected chi connectivity index (χ0v) is 9.46. The molecule has 0 bridgehead atoms. The van der Waals surface area contributed by atoms with Gasteiger partial charge in [0.05, 0.1) is 18.8 Å². The fourth-order valence-corrected chi connectivity index (χ4v) is 1.91. The molecule has 6 heteroatoms. The molecule has 1 saturated heterocycles. The number of rotatable bonds is 2. The Morgan fingerprint density at radius 2 is 1.89 bits per heavy atom. The summed E-state index contributed by atoms with van der Waals surface area (Å²) < 4.78 is 43.9. The Hall–Kier alpha value is -1.56. The zero-order chi connectivity index (χ0) is 13.2. The van der Waals surface area contributed by atoms with E-state index in [1.165, 1.54) is 18.4 Å². The van der Waals surface area contributed by atoms with E-state index in [4.69, 9.17) is 4.74 Å². The molecule has 0 unspecified atom stereocenters. The van der Waals surface area contributed by atoms with Crippen LogP contribution in [0.25, 0.3) is 0 Å². The third kappa shape index (κ3) is 2.64. The first-order valence-electron chi connectivity index (χ1n) is 5.44. The van der Waals surface area contributed by atoms with Crippen LogP contribution >= 0.6 is 0 Å². The predicted octanol–water partition coefficient (Wildman–Crippen LogP) is 2.00. The van der Waals surface area contributed by atoms with Crippen molar-refractivity contribution < 1.29 is 22.7 Å². The van der Waals surface area contributed by atoms with Crippen LogP contribution < -0.4 is 4.90 Å². The van der Waals surface area contributed by atoms with Gasteiger partial charge in [0.1, 0.15) is 0 Å². The van der Waals surface area contributed by atoms with E-state index >= 15 is 0 Å². The van der Waals surface area contributed by atoms with Crippen LogP contribution in [0, 0.1) is 0 Å². The Balaban J connectivity index is 2.41. The number of hydrogen-bond donors (Lipinski definition) is 0. The van der Waals surface area contributed by atoms with E-state index in [1.807, 2.05) is 0 Å². The van der Waals surface area contributed by atoms with E-state index in [0.29, 0.717) is 26.3 Å². The highest BCUT2D eigenvalue weighted by atomic mass is 19.4. The van der Waals surface area contributed by atoms with Crippen molar-refractivity contribution in [2.75, 3.05) is 31.2 Å². The first kappa shape index (κ1) is 12.9.